The molecule has 2 aliphatic heterocycles. The number of aliphatic hydroxyl groups excluding tert-OH is 4. The number of fused-ring (bicyclic) bond motifs is 2. The lowest BCUT2D eigenvalue weighted by atomic mass is 9.51. The quantitative estimate of drug-likeness (QED) is 0.103. The minimum atomic E-state index is -1.17. The lowest BCUT2D eigenvalue weighted by molar-refractivity contribution is -0.232. The number of carbonyl (C=O) groups is 2. The average molecular weight is 549 g/mol. The van der Waals surface area contributed by atoms with Crippen molar-refractivity contribution in [3.8, 4) is 0 Å². The van der Waals surface area contributed by atoms with Crippen LogP contribution in [0.15, 0.2) is 47.6 Å². The Morgan fingerprint density at radius 2 is 1.97 bits per heavy atom. The molecule has 0 amide bonds. The third-order valence-electron chi connectivity index (χ3n) is 8.99. The lowest BCUT2D eigenvalue weighted by Gasteiger charge is -2.58. The fraction of sp³-hybridized carbons (Fsp3) is 0.655. The molecule has 2 bridgehead atoms. The summed E-state index contributed by atoms with van der Waals surface area (Å²) in [5, 5.41) is 39.6. The van der Waals surface area contributed by atoms with Crippen LogP contribution in [0.2, 0.25) is 0 Å². The van der Waals surface area contributed by atoms with Gasteiger partial charge < -0.3 is 39.4 Å². The van der Waals surface area contributed by atoms with Gasteiger partial charge in [0, 0.05) is 24.2 Å². The number of ether oxygens (including phenoxy) is 4. The van der Waals surface area contributed by atoms with Crippen LogP contribution in [0, 0.1) is 10.8 Å². The van der Waals surface area contributed by atoms with Gasteiger partial charge in [-0.25, -0.2) is 9.59 Å². The summed E-state index contributed by atoms with van der Waals surface area (Å²) in [5.41, 5.74) is -0.882. The maximum absolute atomic E-state index is 12.9. The SMILES string of the molecule is CC1=C[C@H]2O[C@@H]3[C@H](O)[C@@H](OC(=O)/C=C/C=C/[C@@H](O)[C@@H](C)O)[C@](C)([C@@]2(COC(=O)/C=C(\C)CCO)CC1)[C@]31CO1. The van der Waals surface area contributed by atoms with E-state index in [1.807, 2.05) is 19.9 Å². The Morgan fingerprint density at radius 1 is 1.26 bits per heavy atom. The number of allylic oxidation sites excluding steroid dienone is 3. The molecular weight excluding hydrogens is 508 g/mol. The summed E-state index contributed by atoms with van der Waals surface area (Å²) < 4.78 is 24.1. The van der Waals surface area contributed by atoms with E-state index in [1.54, 1.807) is 6.92 Å². The van der Waals surface area contributed by atoms with Crippen LogP contribution in [0.1, 0.15) is 47.0 Å². The highest BCUT2D eigenvalue weighted by atomic mass is 16.7. The molecule has 0 aromatic rings. The molecule has 4 rings (SSSR count). The second-order valence-electron chi connectivity index (χ2n) is 11.4. The molecule has 1 saturated carbocycles. The first kappa shape index (κ1) is 29.6. The van der Waals surface area contributed by atoms with Gasteiger partial charge in [-0.3, -0.25) is 0 Å². The molecule has 4 N–H and O–H groups in total. The Kier molecular flexibility index (Phi) is 8.56. The number of hydrogen-bond acceptors (Lipinski definition) is 10. The highest BCUT2D eigenvalue weighted by Gasteiger charge is 2.85. The van der Waals surface area contributed by atoms with Gasteiger partial charge in [0.25, 0.3) is 0 Å². The Hall–Kier alpha value is -2.34. The van der Waals surface area contributed by atoms with Gasteiger partial charge in [0.15, 0.2) is 0 Å². The molecule has 1 spiro atoms. The normalized spacial score (nSPS) is 39.0. The van der Waals surface area contributed by atoms with E-state index in [0.29, 0.717) is 31.4 Å². The van der Waals surface area contributed by atoms with Gasteiger partial charge in [-0.1, -0.05) is 42.4 Å². The van der Waals surface area contributed by atoms with Crippen LogP contribution in [0.3, 0.4) is 0 Å². The average Bonchev–Trinajstić information content (AvgIpc) is 3.66. The zero-order valence-corrected chi connectivity index (χ0v) is 22.9. The monoisotopic (exact) mass is 548 g/mol. The maximum Gasteiger partial charge on any atom is 0.331 e. The molecule has 10 heteroatoms. The Labute approximate surface area is 228 Å². The van der Waals surface area contributed by atoms with Gasteiger partial charge in [-0.15, -0.1) is 0 Å². The second kappa shape index (κ2) is 11.3. The number of hydrogen-bond donors (Lipinski definition) is 4. The third kappa shape index (κ3) is 5.14. The van der Waals surface area contributed by atoms with Crippen molar-refractivity contribution in [3.63, 3.8) is 0 Å². The van der Waals surface area contributed by atoms with E-state index in [4.69, 9.17) is 24.1 Å². The number of carbonyl (C=O) groups excluding carboxylic acids is 2. The van der Waals surface area contributed by atoms with Gasteiger partial charge in [0.1, 0.15) is 30.5 Å². The summed E-state index contributed by atoms with van der Waals surface area (Å²) >= 11 is 0. The van der Waals surface area contributed by atoms with Crippen molar-refractivity contribution in [2.45, 2.75) is 89.2 Å². The predicted molar refractivity (Wildman–Crippen MR) is 139 cm³/mol. The second-order valence-corrected chi connectivity index (χ2v) is 11.4. The van der Waals surface area contributed by atoms with E-state index in [9.17, 15) is 24.9 Å². The molecule has 2 heterocycles. The summed E-state index contributed by atoms with van der Waals surface area (Å²) in [5.74, 6) is -1.24. The van der Waals surface area contributed by atoms with Gasteiger partial charge in [-0.05, 0) is 40.0 Å². The number of rotatable bonds is 10. The highest BCUT2D eigenvalue weighted by molar-refractivity contribution is 5.83. The third-order valence-corrected chi connectivity index (χ3v) is 8.99. The van der Waals surface area contributed by atoms with Crippen LogP contribution in [0.5, 0.6) is 0 Å². The molecule has 0 unspecified atom stereocenters. The Morgan fingerprint density at radius 3 is 2.62 bits per heavy atom. The van der Waals surface area contributed by atoms with Crippen LogP contribution in [-0.2, 0) is 28.5 Å². The van der Waals surface area contributed by atoms with E-state index < -0.39 is 65.0 Å². The predicted octanol–water partition coefficient (Wildman–Crippen LogP) is 1.27. The molecule has 39 heavy (non-hydrogen) atoms. The molecule has 0 radical (unpaired) electrons. The topological polar surface area (TPSA) is 155 Å². The van der Waals surface area contributed by atoms with Crippen LogP contribution < -0.4 is 0 Å². The van der Waals surface area contributed by atoms with Crippen molar-refractivity contribution in [3.05, 3.63) is 47.6 Å². The first-order valence-electron chi connectivity index (χ1n) is 13.4. The standard InChI is InChI=1S/C29H40O10/c1-17-9-11-28(15-36-23(34)14-18(2)10-12-30)21(13-17)38-26-24(35)25(27(28,4)29(26)16-37-29)39-22(33)8-6-5-7-20(32)19(3)31/h5-8,13-14,19-21,24-26,30-32,35H,9-12,15-16H2,1-4H3/b7-5+,8-6+,18-14+/t19-,20-,21-,24-,25-,26-,27-,28-,29+/m1/s1. The molecule has 3 fully saturated rings. The molecule has 2 saturated heterocycles. The molecule has 0 aromatic heterocycles. The molecule has 10 nitrogen and oxygen atoms in total. The summed E-state index contributed by atoms with van der Waals surface area (Å²) in [6, 6.07) is 0. The van der Waals surface area contributed by atoms with Crippen molar-refractivity contribution in [1.82, 2.24) is 0 Å². The van der Waals surface area contributed by atoms with Crippen molar-refractivity contribution in [1.29, 1.82) is 0 Å². The van der Waals surface area contributed by atoms with Gasteiger partial charge in [0.2, 0.25) is 0 Å². The van der Waals surface area contributed by atoms with Crippen molar-refractivity contribution >= 4 is 11.9 Å². The molecule has 9 atom stereocenters. The smallest absolute Gasteiger partial charge is 0.331 e. The zero-order chi connectivity index (χ0) is 28.6. The van der Waals surface area contributed by atoms with E-state index in [1.165, 1.54) is 37.3 Å². The van der Waals surface area contributed by atoms with Crippen LogP contribution in [0.4, 0.5) is 0 Å². The summed E-state index contributed by atoms with van der Waals surface area (Å²) in [6.07, 6.45) is 4.90. The van der Waals surface area contributed by atoms with Crippen molar-refractivity contribution in [2.75, 3.05) is 19.8 Å². The van der Waals surface area contributed by atoms with Gasteiger partial charge >= 0.3 is 11.9 Å². The Bertz CT molecular complexity index is 1070. The van der Waals surface area contributed by atoms with E-state index in [2.05, 4.69) is 0 Å². The summed E-state index contributed by atoms with van der Waals surface area (Å²) in [7, 11) is 0. The Balaban J connectivity index is 1.63. The first-order chi connectivity index (χ1) is 18.4. The largest absolute Gasteiger partial charge is 0.462 e. The zero-order valence-electron chi connectivity index (χ0n) is 22.9. The van der Waals surface area contributed by atoms with Gasteiger partial charge in [0.05, 0.1) is 30.3 Å². The fourth-order valence-corrected chi connectivity index (χ4v) is 6.52. The number of aliphatic hydroxyl groups is 4. The van der Waals surface area contributed by atoms with E-state index in [-0.39, 0.29) is 13.2 Å². The van der Waals surface area contributed by atoms with Crippen LogP contribution in [0.25, 0.3) is 0 Å². The molecule has 216 valence electrons. The van der Waals surface area contributed by atoms with Crippen molar-refractivity contribution < 1.29 is 49.0 Å². The minimum Gasteiger partial charge on any atom is -0.462 e. The van der Waals surface area contributed by atoms with Crippen LogP contribution >= 0.6 is 0 Å². The number of epoxide rings is 1. The van der Waals surface area contributed by atoms with E-state index in [0.717, 1.165) is 5.57 Å². The van der Waals surface area contributed by atoms with Gasteiger partial charge in [-0.2, -0.15) is 0 Å². The summed E-state index contributed by atoms with van der Waals surface area (Å²) in [4.78, 5) is 25.6. The summed E-state index contributed by atoms with van der Waals surface area (Å²) in [6.45, 7) is 7.32. The number of esters is 2. The molecular formula is C29H40O10. The minimum absolute atomic E-state index is 0.0336. The molecule has 0 aromatic carbocycles. The molecule has 2 aliphatic carbocycles. The van der Waals surface area contributed by atoms with E-state index >= 15 is 0 Å². The highest BCUT2D eigenvalue weighted by Crippen LogP contribution is 2.72. The lowest BCUT2D eigenvalue weighted by Crippen LogP contribution is -2.66. The fourth-order valence-electron chi connectivity index (χ4n) is 6.52. The molecule has 4 aliphatic rings. The first-order valence-corrected chi connectivity index (χ1v) is 13.4. The maximum atomic E-state index is 12.9. The van der Waals surface area contributed by atoms with Crippen LogP contribution in [-0.4, -0.2) is 94.4 Å². The van der Waals surface area contributed by atoms with Crippen molar-refractivity contribution in [2.24, 2.45) is 10.8 Å².